The molecule has 2 heterocycles. The number of methoxy groups -OCH3 is 1. The van der Waals surface area contributed by atoms with Crippen LogP contribution in [0, 0.1) is 0 Å². The number of hydrogen-bond acceptors (Lipinski definition) is 3. The van der Waals surface area contributed by atoms with Gasteiger partial charge in [0.1, 0.15) is 5.56 Å². The van der Waals surface area contributed by atoms with E-state index >= 15 is 0 Å². The molecule has 2 rings (SSSR count). The van der Waals surface area contributed by atoms with Crippen molar-refractivity contribution in [1.29, 1.82) is 0 Å². The highest BCUT2D eigenvalue weighted by atomic mass is 79.9. The average Bonchev–Trinajstić information content (AvgIpc) is 2.71. The van der Waals surface area contributed by atoms with Crippen molar-refractivity contribution in [2.24, 2.45) is 0 Å². The van der Waals surface area contributed by atoms with Crippen molar-refractivity contribution in [3.63, 3.8) is 0 Å². The number of nitrogens with zero attached hydrogens (tertiary/aromatic N) is 2. The Kier molecular flexibility index (Phi) is 5.19. The molecule has 4 nitrogen and oxygen atoms in total. The molecule has 0 bridgehead atoms. The highest BCUT2D eigenvalue weighted by molar-refractivity contribution is 9.09. The molecule has 1 aliphatic rings. The Balaban J connectivity index is 2.25. The highest BCUT2D eigenvalue weighted by Crippen LogP contribution is 2.23. The molecule has 0 spiro atoms. The molecule has 1 aromatic rings. The third-order valence-corrected chi connectivity index (χ3v) is 4.26. The third-order valence-electron chi connectivity index (χ3n) is 3.51. The van der Waals surface area contributed by atoms with Crippen LogP contribution in [-0.2, 0) is 0 Å². The zero-order valence-corrected chi connectivity index (χ0v) is 12.7. The molecule has 1 amide bonds. The number of alkyl halides is 1. The van der Waals surface area contributed by atoms with E-state index in [2.05, 4.69) is 20.9 Å². The number of amides is 1. The fraction of sp³-hybridized carbons (Fsp3) is 0.571. The normalized spacial score (nSPS) is 19.9. The summed E-state index contributed by atoms with van der Waals surface area (Å²) >= 11 is 3.52. The van der Waals surface area contributed by atoms with Crippen LogP contribution in [0.3, 0.4) is 0 Å². The van der Waals surface area contributed by atoms with Gasteiger partial charge in [-0.05, 0) is 25.0 Å². The van der Waals surface area contributed by atoms with E-state index in [4.69, 9.17) is 4.74 Å². The fourth-order valence-electron chi connectivity index (χ4n) is 2.48. The summed E-state index contributed by atoms with van der Waals surface area (Å²) in [6, 6.07) is 3.82. The topological polar surface area (TPSA) is 42.4 Å². The minimum absolute atomic E-state index is 0.0244. The molecule has 104 valence electrons. The van der Waals surface area contributed by atoms with Crippen LogP contribution in [0.5, 0.6) is 5.88 Å². The quantitative estimate of drug-likeness (QED) is 0.802. The van der Waals surface area contributed by atoms with Gasteiger partial charge in [-0.3, -0.25) is 4.79 Å². The average molecular weight is 327 g/mol. The van der Waals surface area contributed by atoms with Crippen LogP contribution in [0.15, 0.2) is 18.3 Å². The summed E-state index contributed by atoms with van der Waals surface area (Å²) in [5, 5.41) is 0.821. The number of likely N-dealkylation sites (tertiary alicyclic amines) is 1. The number of halogens is 1. The predicted molar refractivity (Wildman–Crippen MR) is 77.9 cm³/mol. The first-order valence-corrected chi connectivity index (χ1v) is 7.76. The second kappa shape index (κ2) is 6.89. The lowest BCUT2D eigenvalue weighted by molar-refractivity contribution is 0.0698. The van der Waals surface area contributed by atoms with E-state index in [0.717, 1.165) is 24.7 Å². The van der Waals surface area contributed by atoms with Crippen molar-refractivity contribution in [2.75, 3.05) is 19.0 Å². The van der Waals surface area contributed by atoms with E-state index in [1.165, 1.54) is 12.8 Å². The number of rotatable bonds is 3. The van der Waals surface area contributed by atoms with Gasteiger partial charge in [0.05, 0.1) is 7.11 Å². The summed E-state index contributed by atoms with van der Waals surface area (Å²) in [6.07, 6.45) is 6.14. The molecule has 1 unspecified atom stereocenters. The molecule has 1 fully saturated rings. The monoisotopic (exact) mass is 326 g/mol. The molecule has 1 atom stereocenters. The molecule has 5 heteroatoms. The van der Waals surface area contributed by atoms with Crippen LogP contribution >= 0.6 is 15.9 Å². The molecular formula is C14H19BrN2O2. The van der Waals surface area contributed by atoms with Gasteiger partial charge in [-0.25, -0.2) is 4.98 Å². The van der Waals surface area contributed by atoms with Gasteiger partial charge in [0.2, 0.25) is 5.88 Å². The van der Waals surface area contributed by atoms with Gasteiger partial charge in [0.25, 0.3) is 5.91 Å². The van der Waals surface area contributed by atoms with Crippen molar-refractivity contribution < 1.29 is 9.53 Å². The summed E-state index contributed by atoms with van der Waals surface area (Å²) in [5.41, 5.74) is 0.554. The first-order valence-electron chi connectivity index (χ1n) is 6.64. The van der Waals surface area contributed by atoms with Gasteiger partial charge in [0, 0.05) is 24.1 Å². The summed E-state index contributed by atoms with van der Waals surface area (Å²) in [4.78, 5) is 18.8. The van der Waals surface area contributed by atoms with Crippen LogP contribution < -0.4 is 4.74 Å². The van der Waals surface area contributed by atoms with Crippen LogP contribution in [0.1, 0.15) is 36.0 Å². The Morgan fingerprint density at radius 2 is 2.37 bits per heavy atom. The van der Waals surface area contributed by atoms with Crippen LogP contribution in [0.4, 0.5) is 0 Å². The van der Waals surface area contributed by atoms with E-state index in [9.17, 15) is 4.79 Å². The number of carbonyl (C=O) groups excluding carboxylic acids is 1. The van der Waals surface area contributed by atoms with Gasteiger partial charge in [0.15, 0.2) is 0 Å². The molecule has 0 radical (unpaired) electrons. The first-order chi connectivity index (χ1) is 9.27. The predicted octanol–water partition coefficient (Wildman–Crippen LogP) is 2.87. The minimum atomic E-state index is 0.0244. The van der Waals surface area contributed by atoms with E-state index in [1.807, 2.05) is 4.90 Å². The number of aromatic nitrogens is 1. The molecule has 0 aliphatic carbocycles. The molecule has 1 aliphatic heterocycles. The standard InChI is InChI=1S/C14H19BrN2O2/c1-19-13-12(7-5-8-16-13)14(18)17-9-4-2-3-6-11(17)10-15/h5,7-8,11H,2-4,6,9-10H2,1H3. The van der Waals surface area contributed by atoms with E-state index in [1.54, 1.807) is 25.4 Å². The highest BCUT2D eigenvalue weighted by Gasteiger charge is 2.27. The molecule has 1 saturated heterocycles. The SMILES string of the molecule is COc1ncccc1C(=O)N1CCCCCC1CBr. The molecule has 1 aromatic heterocycles. The van der Waals surface area contributed by atoms with Crippen LogP contribution in [0.25, 0.3) is 0 Å². The molecular weight excluding hydrogens is 308 g/mol. The van der Waals surface area contributed by atoms with E-state index in [0.29, 0.717) is 11.4 Å². The van der Waals surface area contributed by atoms with E-state index < -0.39 is 0 Å². The summed E-state index contributed by atoms with van der Waals surface area (Å²) in [5.74, 6) is 0.432. The zero-order chi connectivity index (χ0) is 13.7. The number of hydrogen-bond donors (Lipinski definition) is 0. The van der Waals surface area contributed by atoms with Crippen LogP contribution in [-0.4, -0.2) is 40.8 Å². The van der Waals surface area contributed by atoms with Crippen LogP contribution in [0.2, 0.25) is 0 Å². The van der Waals surface area contributed by atoms with Gasteiger partial charge < -0.3 is 9.64 Å². The van der Waals surface area contributed by atoms with Crippen molar-refractivity contribution in [3.05, 3.63) is 23.9 Å². The Morgan fingerprint density at radius 3 is 3.11 bits per heavy atom. The van der Waals surface area contributed by atoms with Gasteiger partial charge in [-0.15, -0.1) is 0 Å². The lowest BCUT2D eigenvalue weighted by atomic mass is 10.1. The maximum Gasteiger partial charge on any atom is 0.259 e. The van der Waals surface area contributed by atoms with Gasteiger partial charge in [-0.1, -0.05) is 28.8 Å². The number of pyridine rings is 1. The van der Waals surface area contributed by atoms with Crippen molar-refractivity contribution >= 4 is 21.8 Å². The van der Waals surface area contributed by atoms with Gasteiger partial charge in [-0.2, -0.15) is 0 Å². The summed E-state index contributed by atoms with van der Waals surface area (Å²) in [7, 11) is 1.55. The van der Waals surface area contributed by atoms with Crippen molar-refractivity contribution in [3.8, 4) is 5.88 Å². The summed E-state index contributed by atoms with van der Waals surface area (Å²) < 4.78 is 5.19. The number of ether oxygens (including phenoxy) is 1. The van der Waals surface area contributed by atoms with E-state index in [-0.39, 0.29) is 11.9 Å². The largest absolute Gasteiger partial charge is 0.480 e. The third kappa shape index (κ3) is 3.26. The minimum Gasteiger partial charge on any atom is -0.480 e. The second-order valence-electron chi connectivity index (χ2n) is 4.72. The molecule has 0 N–H and O–H groups in total. The van der Waals surface area contributed by atoms with Gasteiger partial charge >= 0.3 is 0 Å². The zero-order valence-electron chi connectivity index (χ0n) is 11.1. The second-order valence-corrected chi connectivity index (χ2v) is 5.36. The Morgan fingerprint density at radius 1 is 1.53 bits per heavy atom. The molecule has 0 aromatic carbocycles. The molecule has 0 saturated carbocycles. The first kappa shape index (κ1) is 14.3. The fourth-order valence-corrected chi connectivity index (χ4v) is 3.15. The summed E-state index contributed by atoms with van der Waals surface area (Å²) in [6.45, 7) is 0.813. The maximum absolute atomic E-state index is 12.7. The lowest BCUT2D eigenvalue weighted by Crippen LogP contribution is -2.41. The number of carbonyl (C=O) groups is 1. The Bertz CT molecular complexity index is 439. The smallest absolute Gasteiger partial charge is 0.259 e. The van der Waals surface area contributed by atoms with Crippen molar-refractivity contribution in [2.45, 2.75) is 31.7 Å². The maximum atomic E-state index is 12.7. The lowest BCUT2D eigenvalue weighted by Gasteiger charge is -2.29. The molecule has 19 heavy (non-hydrogen) atoms. The Hall–Kier alpha value is -1.10. The van der Waals surface area contributed by atoms with Crippen molar-refractivity contribution in [1.82, 2.24) is 9.88 Å². The Labute approximate surface area is 122 Å².